The molecule has 28 heavy (non-hydrogen) atoms. The van der Waals surface area contributed by atoms with Crippen molar-refractivity contribution < 1.29 is 17.9 Å². The number of carbonyl (C=O) groups excluding carboxylic acids is 1. The Kier molecular flexibility index (Phi) is 6.05. The highest BCUT2D eigenvalue weighted by Crippen LogP contribution is 2.21. The van der Waals surface area contributed by atoms with Crippen LogP contribution in [0.2, 0.25) is 0 Å². The Morgan fingerprint density at radius 3 is 2.25 bits per heavy atom. The van der Waals surface area contributed by atoms with Crippen LogP contribution < -0.4 is 4.74 Å². The number of amides is 1. The van der Waals surface area contributed by atoms with Crippen molar-refractivity contribution in [2.75, 3.05) is 26.2 Å². The number of carbonyl (C=O) groups is 1. The zero-order valence-electron chi connectivity index (χ0n) is 16.5. The molecule has 0 bridgehead atoms. The molecule has 1 fully saturated rings. The highest BCUT2D eigenvalue weighted by Gasteiger charge is 2.32. The van der Waals surface area contributed by atoms with E-state index in [4.69, 9.17) is 4.74 Å². The largest absolute Gasteiger partial charge is 0.481 e. The molecule has 1 atom stereocenters. The average Bonchev–Trinajstić information content (AvgIpc) is 2.70. The van der Waals surface area contributed by atoms with Crippen LogP contribution in [0.1, 0.15) is 18.1 Å². The van der Waals surface area contributed by atoms with Gasteiger partial charge in [-0.1, -0.05) is 35.9 Å². The van der Waals surface area contributed by atoms with Crippen LogP contribution in [0.4, 0.5) is 0 Å². The smallest absolute Gasteiger partial charge is 0.263 e. The minimum absolute atomic E-state index is 0.128. The minimum atomic E-state index is -3.53. The fraction of sp³-hybridized carbons (Fsp3) is 0.381. The van der Waals surface area contributed by atoms with Gasteiger partial charge in [0.2, 0.25) is 10.0 Å². The molecule has 150 valence electrons. The number of nitrogens with zero attached hydrogens (tertiary/aromatic N) is 2. The molecule has 0 radical (unpaired) electrons. The first-order valence-electron chi connectivity index (χ1n) is 9.37. The number of rotatable bonds is 5. The van der Waals surface area contributed by atoms with E-state index in [2.05, 4.69) is 0 Å². The SMILES string of the molecule is Cc1ccc(O[C@H](C)C(=O)N2CCN(S(=O)(=O)c3ccccc3)CC2)c(C)c1. The van der Waals surface area contributed by atoms with E-state index in [0.29, 0.717) is 18.8 Å². The van der Waals surface area contributed by atoms with Crippen LogP contribution in [-0.4, -0.2) is 55.8 Å². The second-order valence-corrected chi connectivity index (χ2v) is 9.01. The van der Waals surface area contributed by atoms with E-state index in [1.165, 1.54) is 4.31 Å². The highest BCUT2D eigenvalue weighted by molar-refractivity contribution is 7.89. The minimum Gasteiger partial charge on any atom is -0.481 e. The maximum atomic E-state index is 12.7. The van der Waals surface area contributed by atoms with E-state index in [9.17, 15) is 13.2 Å². The lowest BCUT2D eigenvalue weighted by atomic mass is 10.1. The van der Waals surface area contributed by atoms with Crippen molar-refractivity contribution in [1.82, 2.24) is 9.21 Å². The number of piperazine rings is 1. The van der Waals surface area contributed by atoms with E-state index in [-0.39, 0.29) is 23.9 Å². The van der Waals surface area contributed by atoms with Crippen molar-refractivity contribution in [3.63, 3.8) is 0 Å². The van der Waals surface area contributed by atoms with Crippen LogP contribution in [0, 0.1) is 13.8 Å². The third-order valence-electron chi connectivity index (χ3n) is 4.91. The molecule has 7 heteroatoms. The predicted molar refractivity (Wildman–Crippen MR) is 108 cm³/mol. The van der Waals surface area contributed by atoms with Gasteiger partial charge in [-0.15, -0.1) is 0 Å². The molecular formula is C21H26N2O4S. The lowest BCUT2D eigenvalue weighted by Gasteiger charge is -2.35. The van der Waals surface area contributed by atoms with E-state index in [0.717, 1.165) is 11.1 Å². The zero-order chi connectivity index (χ0) is 20.3. The summed E-state index contributed by atoms with van der Waals surface area (Å²) in [5.74, 6) is 0.563. The molecule has 1 saturated heterocycles. The van der Waals surface area contributed by atoms with E-state index < -0.39 is 16.1 Å². The van der Waals surface area contributed by atoms with Gasteiger partial charge in [0.05, 0.1) is 4.90 Å². The lowest BCUT2D eigenvalue weighted by molar-refractivity contribution is -0.139. The van der Waals surface area contributed by atoms with E-state index >= 15 is 0 Å². The molecule has 1 heterocycles. The van der Waals surface area contributed by atoms with Gasteiger partial charge in [-0.2, -0.15) is 4.31 Å². The summed E-state index contributed by atoms with van der Waals surface area (Å²) in [5, 5.41) is 0. The molecule has 2 aromatic carbocycles. The summed E-state index contributed by atoms with van der Waals surface area (Å²) in [6.45, 7) is 6.95. The summed E-state index contributed by atoms with van der Waals surface area (Å²) in [6, 6.07) is 14.2. The van der Waals surface area contributed by atoms with Gasteiger partial charge in [0.25, 0.3) is 5.91 Å². The topological polar surface area (TPSA) is 66.9 Å². The van der Waals surface area contributed by atoms with Gasteiger partial charge in [0, 0.05) is 26.2 Å². The molecule has 0 unspecified atom stereocenters. The van der Waals surface area contributed by atoms with E-state index in [1.54, 1.807) is 42.2 Å². The molecule has 2 aromatic rings. The summed E-state index contributed by atoms with van der Waals surface area (Å²) in [7, 11) is -3.53. The Labute approximate surface area is 166 Å². The Morgan fingerprint density at radius 1 is 1.00 bits per heavy atom. The summed E-state index contributed by atoms with van der Waals surface area (Å²) < 4.78 is 32.7. The van der Waals surface area contributed by atoms with Gasteiger partial charge in [0.1, 0.15) is 5.75 Å². The standard InChI is InChI=1S/C21H26N2O4S/c1-16-9-10-20(17(2)15-16)27-18(3)21(24)22-11-13-23(14-12-22)28(25,26)19-7-5-4-6-8-19/h4-10,15,18H,11-14H2,1-3H3/t18-/m1/s1. The number of hydrogen-bond donors (Lipinski definition) is 0. The molecule has 0 spiro atoms. The predicted octanol–water partition coefficient (Wildman–Crippen LogP) is 2.60. The Morgan fingerprint density at radius 2 is 1.64 bits per heavy atom. The number of sulfonamides is 1. The number of aryl methyl sites for hydroxylation is 2. The third kappa shape index (κ3) is 4.36. The third-order valence-corrected chi connectivity index (χ3v) is 6.83. The fourth-order valence-corrected chi connectivity index (χ4v) is 4.76. The Hall–Kier alpha value is -2.38. The zero-order valence-corrected chi connectivity index (χ0v) is 17.3. The maximum Gasteiger partial charge on any atom is 0.263 e. The number of hydrogen-bond acceptors (Lipinski definition) is 4. The highest BCUT2D eigenvalue weighted by atomic mass is 32.2. The van der Waals surface area contributed by atoms with Crippen LogP contribution in [0.15, 0.2) is 53.4 Å². The molecule has 1 aliphatic rings. The molecule has 1 amide bonds. The summed E-state index contributed by atoms with van der Waals surface area (Å²) in [4.78, 5) is 14.7. The van der Waals surface area contributed by atoms with Crippen molar-refractivity contribution >= 4 is 15.9 Å². The molecule has 6 nitrogen and oxygen atoms in total. The van der Waals surface area contributed by atoms with Crippen LogP contribution in [0.5, 0.6) is 5.75 Å². The van der Waals surface area contributed by atoms with Crippen LogP contribution in [-0.2, 0) is 14.8 Å². The first-order valence-corrected chi connectivity index (χ1v) is 10.8. The number of ether oxygens (including phenoxy) is 1. The van der Waals surface area contributed by atoms with E-state index in [1.807, 2.05) is 32.0 Å². The number of benzene rings is 2. The van der Waals surface area contributed by atoms with Gasteiger partial charge in [-0.05, 0) is 44.5 Å². The van der Waals surface area contributed by atoms with Crippen molar-refractivity contribution in [3.05, 3.63) is 59.7 Å². The molecular weight excluding hydrogens is 376 g/mol. The van der Waals surface area contributed by atoms with Gasteiger partial charge >= 0.3 is 0 Å². The molecule has 3 rings (SSSR count). The Bertz CT molecular complexity index is 936. The molecule has 0 saturated carbocycles. The quantitative estimate of drug-likeness (QED) is 0.771. The summed E-state index contributed by atoms with van der Waals surface area (Å²) in [6.07, 6.45) is -0.626. The van der Waals surface area contributed by atoms with Gasteiger partial charge in [0.15, 0.2) is 6.10 Å². The molecule has 0 aliphatic carbocycles. The first kappa shape index (κ1) is 20.4. The Balaban J connectivity index is 1.60. The van der Waals surface area contributed by atoms with Gasteiger partial charge in [-0.25, -0.2) is 8.42 Å². The van der Waals surface area contributed by atoms with Crippen LogP contribution >= 0.6 is 0 Å². The van der Waals surface area contributed by atoms with Crippen molar-refractivity contribution in [2.24, 2.45) is 0 Å². The second-order valence-electron chi connectivity index (χ2n) is 7.07. The van der Waals surface area contributed by atoms with Crippen molar-refractivity contribution in [1.29, 1.82) is 0 Å². The van der Waals surface area contributed by atoms with Gasteiger partial charge in [-0.3, -0.25) is 4.79 Å². The van der Waals surface area contributed by atoms with Crippen molar-refractivity contribution in [3.8, 4) is 5.75 Å². The fourth-order valence-electron chi connectivity index (χ4n) is 3.32. The normalized spacial score (nSPS) is 16.6. The molecule has 1 aliphatic heterocycles. The maximum absolute atomic E-state index is 12.7. The summed E-state index contributed by atoms with van der Waals surface area (Å²) >= 11 is 0. The lowest BCUT2D eigenvalue weighted by Crippen LogP contribution is -2.53. The molecule has 0 aromatic heterocycles. The first-order chi connectivity index (χ1) is 13.3. The monoisotopic (exact) mass is 402 g/mol. The second kappa shape index (κ2) is 8.32. The molecule has 0 N–H and O–H groups in total. The average molecular weight is 403 g/mol. The van der Waals surface area contributed by atoms with Crippen molar-refractivity contribution in [2.45, 2.75) is 31.8 Å². The summed E-state index contributed by atoms with van der Waals surface area (Å²) in [5.41, 5.74) is 2.12. The van der Waals surface area contributed by atoms with Crippen LogP contribution in [0.3, 0.4) is 0 Å². The van der Waals surface area contributed by atoms with Gasteiger partial charge < -0.3 is 9.64 Å². The van der Waals surface area contributed by atoms with Crippen LogP contribution in [0.25, 0.3) is 0 Å².